The van der Waals surface area contributed by atoms with Crippen molar-refractivity contribution < 1.29 is 9.59 Å². The third-order valence-corrected chi connectivity index (χ3v) is 6.45. The molecule has 152 valence electrons. The molecule has 0 aromatic carbocycles. The Bertz CT molecular complexity index is 723. The number of piperidine rings is 2. The first-order chi connectivity index (χ1) is 13.5. The summed E-state index contributed by atoms with van der Waals surface area (Å²) in [7, 11) is 0. The summed E-state index contributed by atoms with van der Waals surface area (Å²) in [5.74, 6) is 2.39. The molecule has 0 spiro atoms. The molecule has 3 heterocycles. The lowest BCUT2D eigenvalue weighted by Gasteiger charge is -2.38. The zero-order chi connectivity index (χ0) is 19.7. The van der Waals surface area contributed by atoms with Crippen LogP contribution in [-0.2, 0) is 9.59 Å². The fourth-order valence-electron chi connectivity index (χ4n) is 4.52. The second kappa shape index (κ2) is 8.18. The lowest BCUT2D eigenvalue weighted by Crippen LogP contribution is -2.48. The molecule has 0 radical (unpaired) electrons. The van der Waals surface area contributed by atoms with Gasteiger partial charge in [0.05, 0.1) is 5.92 Å². The van der Waals surface area contributed by atoms with Crippen molar-refractivity contribution in [3.63, 3.8) is 0 Å². The van der Waals surface area contributed by atoms with E-state index in [1.807, 2.05) is 22.1 Å². The molecule has 0 N–H and O–H groups in total. The third-order valence-electron chi connectivity index (χ3n) is 6.45. The highest BCUT2D eigenvalue weighted by Crippen LogP contribution is 2.33. The zero-order valence-corrected chi connectivity index (χ0v) is 17.1. The van der Waals surface area contributed by atoms with E-state index in [0.717, 1.165) is 69.7 Å². The van der Waals surface area contributed by atoms with Gasteiger partial charge in [0.25, 0.3) is 0 Å². The number of amides is 2. The van der Waals surface area contributed by atoms with Gasteiger partial charge in [-0.25, -0.2) is 9.97 Å². The number of hydrogen-bond donors (Lipinski definition) is 0. The average molecular weight is 385 g/mol. The van der Waals surface area contributed by atoms with Crippen LogP contribution in [0.5, 0.6) is 0 Å². The molecule has 2 amide bonds. The summed E-state index contributed by atoms with van der Waals surface area (Å²) >= 11 is 0. The summed E-state index contributed by atoms with van der Waals surface area (Å²) in [6.45, 7) is 7.25. The predicted octanol–water partition coefficient (Wildman–Crippen LogP) is 2.95. The molecule has 0 unspecified atom stereocenters. The van der Waals surface area contributed by atoms with E-state index in [9.17, 15) is 9.59 Å². The van der Waals surface area contributed by atoms with E-state index in [1.165, 1.54) is 0 Å². The van der Waals surface area contributed by atoms with Gasteiger partial charge >= 0.3 is 0 Å². The number of aromatic nitrogens is 2. The largest absolute Gasteiger partial charge is 0.342 e. The molecule has 6 nitrogen and oxygen atoms in total. The molecule has 3 aliphatic rings. The number of hydrogen-bond acceptors (Lipinski definition) is 4. The first kappa shape index (κ1) is 19.3. The minimum absolute atomic E-state index is 0.0143. The highest BCUT2D eigenvalue weighted by molar-refractivity contribution is 5.83. The molecule has 1 aromatic heterocycles. The van der Waals surface area contributed by atoms with Gasteiger partial charge in [-0.1, -0.05) is 13.8 Å². The average Bonchev–Trinajstić information content (AvgIpc) is 3.58. The zero-order valence-electron chi connectivity index (χ0n) is 17.1. The van der Waals surface area contributed by atoms with Gasteiger partial charge in [0.2, 0.25) is 11.8 Å². The van der Waals surface area contributed by atoms with E-state index >= 15 is 0 Å². The van der Waals surface area contributed by atoms with Crippen molar-refractivity contribution in [1.29, 1.82) is 0 Å². The van der Waals surface area contributed by atoms with Crippen LogP contribution in [0.25, 0.3) is 0 Å². The van der Waals surface area contributed by atoms with Crippen LogP contribution in [0.15, 0.2) is 12.3 Å². The first-order valence-corrected chi connectivity index (χ1v) is 10.9. The maximum absolute atomic E-state index is 13.1. The van der Waals surface area contributed by atoms with Crippen molar-refractivity contribution in [3.8, 4) is 0 Å². The van der Waals surface area contributed by atoms with Crippen LogP contribution < -0.4 is 0 Å². The third kappa shape index (κ3) is 4.20. The van der Waals surface area contributed by atoms with Crippen molar-refractivity contribution in [2.45, 2.75) is 64.2 Å². The van der Waals surface area contributed by atoms with Crippen LogP contribution in [0, 0.1) is 11.8 Å². The van der Waals surface area contributed by atoms with Crippen LogP contribution in [0.4, 0.5) is 0 Å². The summed E-state index contributed by atoms with van der Waals surface area (Å²) < 4.78 is 0. The summed E-state index contributed by atoms with van der Waals surface area (Å²) in [4.78, 5) is 38.5. The van der Waals surface area contributed by atoms with Crippen LogP contribution in [0.2, 0.25) is 0 Å². The number of rotatable bonds is 4. The van der Waals surface area contributed by atoms with Gasteiger partial charge in [-0.3, -0.25) is 9.59 Å². The lowest BCUT2D eigenvalue weighted by molar-refractivity contribution is -0.142. The molecule has 4 rings (SSSR count). The molecular weight excluding hydrogens is 352 g/mol. The van der Waals surface area contributed by atoms with E-state index in [0.29, 0.717) is 18.4 Å². The highest BCUT2D eigenvalue weighted by Gasteiger charge is 2.38. The van der Waals surface area contributed by atoms with Gasteiger partial charge < -0.3 is 9.80 Å². The maximum Gasteiger partial charge on any atom is 0.227 e. The Balaban J connectivity index is 1.32. The van der Waals surface area contributed by atoms with Crippen LogP contribution in [0.1, 0.15) is 75.7 Å². The molecule has 6 heteroatoms. The van der Waals surface area contributed by atoms with Crippen molar-refractivity contribution >= 4 is 11.8 Å². The predicted molar refractivity (Wildman–Crippen MR) is 107 cm³/mol. The Labute approximate surface area is 167 Å². The van der Waals surface area contributed by atoms with Crippen LogP contribution in [-0.4, -0.2) is 57.8 Å². The fraction of sp³-hybridized carbons (Fsp3) is 0.727. The minimum Gasteiger partial charge on any atom is -0.342 e. The van der Waals surface area contributed by atoms with Gasteiger partial charge in [-0.05, 0) is 44.6 Å². The van der Waals surface area contributed by atoms with Crippen molar-refractivity contribution in [2.24, 2.45) is 11.8 Å². The van der Waals surface area contributed by atoms with Crippen LogP contribution in [0.3, 0.4) is 0 Å². The van der Waals surface area contributed by atoms with Crippen molar-refractivity contribution in [1.82, 2.24) is 19.8 Å². The van der Waals surface area contributed by atoms with E-state index in [2.05, 4.69) is 18.8 Å². The van der Waals surface area contributed by atoms with Gasteiger partial charge in [0.15, 0.2) is 0 Å². The quantitative estimate of drug-likeness (QED) is 0.800. The number of carbonyl (C=O) groups is 2. The van der Waals surface area contributed by atoms with Gasteiger partial charge in [-0.2, -0.15) is 0 Å². The molecule has 2 aliphatic heterocycles. The highest BCUT2D eigenvalue weighted by atomic mass is 16.2. The first-order valence-electron chi connectivity index (χ1n) is 10.9. The smallest absolute Gasteiger partial charge is 0.227 e. The van der Waals surface area contributed by atoms with E-state index in [4.69, 9.17) is 4.98 Å². The van der Waals surface area contributed by atoms with Gasteiger partial charge in [0.1, 0.15) is 5.82 Å². The molecule has 1 aliphatic carbocycles. The monoisotopic (exact) mass is 384 g/mol. The number of carbonyl (C=O) groups excluding carboxylic acids is 2. The Morgan fingerprint density at radius 2 is 1.68 bits per heavy atom. The second-order valence-corrected chi connectivity index (χ2v) is 8.99. The standard InChI is InChI=1S/C22H32N4O2/c1-15(2)20-23-10-7-19(24-20)16-8-12-25(13-9-16)22(28)18-4-3-11-26(14-18)21(27)17-5-6-17/h7,10,15-18H,3-6,8-9,11-14H2,1-2H3/t18-/m1/s1. The van der Waals surface area contributed by atoms with Crippen molar-refractivity contribution in [2.75, 3.05) is 26.2 Å². The Morgan fingerprint density at radius 1 is 0.964 bits per heavy atom. The summed E-state index contributed by atoms with van der Waals surface area (Å²) in [6.07, 6.45) is 7.70. The number of likely N-dealkylation sites (tertiary alicyclic amines) is 2. The van der Waals surface area contributed by atoms with Crippen LogP contribution >= 0.6 is 0 Å². The second-order valence-electron chi connectivity index (χ2n) is 8.99. The molecule has 28 heavy (non-hydrogen) atoms. The Kier molecular flexibility index (Phi) is 5.65. The van der Waals surface area contributed by atoms with E-state index < -0.39 is 0 Å². The normalized spacial score (nSPS) is 23.9. The summed E-state index contributed by atoms with van der Waals surface area (Å²) in [5.41, 5.74) is 1.12. The Morgan fingerprint density at radius 3 is 2.36 bits per heavy atom. The fourth-order valence-corrected chi connectivity index (χ4v) is 4.52. The SMILES string of the molecule is CC(C)c1nccc(C2CCN(C(=O)[C@@H]3CCCN(C(=O)C4CC4)C3)CC2)n1. The lowest BCUT2D eigenvalue weighted by atomic mass is 9.90. The molecule has 0 bridgehead atoms. The summed E-state index contributed by atoms with van der Waals surface area (Å²) in [6, 6.07) is 2.02. The molecule has 1 atom stereocenters. The maximum atomic E-state index is 13.1. The van der Waals surface area contributed by atoms with E-state index in [-0.39, 0.29) is 23.7 Å². The number of nitrogens with zero attached hydrogens (tertiary/aromatic N) is 4. The molecular formula is C22H32N4O2. The van der Waals surface area contributed by atoms with Crippen molar-refractivity contribution in [3.05, 3.63) is 23.8 Å². The molecule has 2 saturated heterocycles. The summed E-state index contributed by atoms with van der Waals surface area (Å²) in [5, 5.41) is 0. The Hall–Kier alpha value is -1.98. The molecule has 1 aromatic rings. The van der Waals surface area contributed by atoms with Gasteiger partial charge in [-0.15, -0.1) is 0 Å². The van der Waals surface area contributed by atoms with Gasteiger partial charge in [0, 0.05) is 55.8 Å². The van der Waals surface area contributed by atoms with E-state index in [1.54, 1.807) is 0 Å². The topological polar surface area (TPSA) is 66.4 Å². The molecule has 3 fully saturated rings. The molecule has 1 saturated carbocycles. The minimum atomic E-state index is -0.0143.